The second-order valence-electron chi connectivity index (χ2n) is 2.26. The zero-order valence-electron chi connectivity index (χ0n) is 7.11. The van der Waals surface area contributed by atoms with E-state index < -0.39 is 7.25 Å². The van der Waals surface area contributed by atoms with Crippen LogP contribution in [0.15, 0.2) is 24.3 Å². The third kappa shape index (κ3) is 11.0. The Morgan fingerprint density at radius 3 is 1.77 bits per heavy atom. The lowest BCUT2D eigenvalue weighted by molar-refractivity contribution is 0.368. The summed E-state index contributed by atoms with van der Waals surface area (Å²) in [6.45, 7) is 2.15. The standard InChI is InChI=1S/C8H9.BF4/c1-2-8-6-4-3-5-7-8;2-1(3,4)5/h4-7H,2H2,1H3;/q;-1. The minimum atomic E-state index is -6.00. The van der Waals surface area contributed by atoms with Crippen LogP contribution in [0.4, 0.5) is 17.3 Å². The van der Waals surface area contributed by atoms with Gasteiger partial charge in [-0.15, -0.1) is 0 Å². The molecule has 0 spiro atoms. The lowest BCUT2D eigenvalue weighted by atomic mass is 10.2. The molecule has 13 heavy (non-hydrogen) atoms. The summed E-state index contributed by atoms with van der Waals surface area (Å²) in [6, 6.07) is 11.0. The van der Waals surface area contributed by atoms with Crippen LogP contribution in [0.3, 0.4) is 0 Å². The smallest absolute Gasteiger partial charge is 0.418 e. The van der Waals surface area contributed by atoms with Gasteiger partial charge in [0.1, 0.15) is 0 Å². The van der Waals surface area contributed by atoms with Crippen molar-refractivity contribution in [2.45, 2.75) is 13.3 Å². The molecule has 0 atom stereocenters. The molecule has 1 radical (unpaired) electrons. The van der Waals surface area contributed by atoms with Crippen molar-refractivity contribution in [3.63, 3.8) is 0 Å². The first-order chi connectivity index (χ1) is 5.93. The van der Waals surface area contributed by atoms with Crippen LogP contribution in [0.5, 0.6) is 0 Å². The molecule has 0 unspecified atom stereocenters. The lowest BCUT2D eigenvalue weighted by Crippen LogP contribution is -2.02. The number of hydrogen-bond donors (Lipinski definition) is 0. The molecule has 0 fully saturated rings. The van der Waals surface area contributed by atoms with Gasteiger partial charge in [-0.2, -0.15) is 0 Å². The monoisotopic (exact) mass is 192 g/mol. The average molecular weight is 192 g/mol. The van der Waals surface area contributed by atoms with Gasteiger partial charge < -0.3 is 17.3 Å². The topological polar surface area (TPSA) is 0 Å². The van der Waals surface area contributed by atoms with Crippen LogP contribution in [0, 0.1) is 6.07 Å². The third-order valence-corrected chi connectivity index (χ3v) is 1.20. The second-order valence-corrected chi connectivity index (χ2v) is 2.26. The molecule has 0 bridgehead atoms. The Labute approximate surface area is 74.7 Å². The first kappa shape index (κ1) is 12.0. The summed E-state index contributed by atoms with van der Waals surface area (Å²) < 4.78 is 39.0. The fourth-order valence-corrected chi connectivity index (χ4v) is 0.657. The Kier molecular flexibility index (Phi) is 5.19. The highest BCUT2D eigenvalue weighted by Crippen LogP contribution is 2.06. The average Bonchev–Trinajstić information content (AvgIpc) is 2.03. The van der Waals surface area contributed by atoms with Crippen molar-refractivity contribution in [3.05, 3.63) is 35.9 Å². The predicted octanol–water partition coefficient (Wildman–Crippen LogP) is 3.35. The van der Waals surface area contributed by atoms with Crippen LogP contribution >= 0.6 is 0 Å². The van der Waals surface area contributed by atoms with E-state index >= 15 is 0 Å². The van der Waals surface area contributed by atoms with E-state index in [9.17, 15) is 17.3 Å². The van der Waals surface area contributed by atoms with Crippen molar-refractivity contribution in [3.8, 4) is 0 Å². The van der Waals surface area contributed by atoms with Gasteiger partial charge in [0.2, 0.25) is 0 Å². The molecule has 1 aromatic carbocycles. The van der Waals surface area contributed by atoms with Crippen LogP contribution in [0.25, 0.3) is 0 Å². The Hall–Kier alpha value is -0.995. The highest BCUT2D eigenvalue weighted by Gasteiger charge is 2.20. The molecular formula is C8H9BF4-. The summed E-state index contributed by atoms with van der Waals surface area (Å²) in [7, 11) is -6.00. The van der Waals surface area contributed by atoms with Gasteiger partial charge in [-0.05, 0) is 18.1 Å². The second kappa shape index (κ2) is 5.62. The van der Waals surface area contributed by atoms with Gasteiger partial charge in [-0.25, -0.2) is 0 Å². The SMILES string of the molecule is CCc1cc[c]cc1.F[B-](F)(F)F. The van der Waals surface area contributed by atoms with Crippen molar-refractivity contribution >= 4 is 7.25 Å². The van der Waals surface area contributed by atoms with E-state index in [0.717, 1.165) is 6.42 Å². The normalized spacial score (nSPS) is 10.2. The van der Waals surface area contributed by atoms with Gasteiger partial charge in [0.15, 0.2) is 0 Å². The van der Waals surface area contributed by atoms with Crippen molar-refractivity contribution in [2.24, 2.45) is 0 Å². The van der Waals surface area contributed by atoms with E-state index in [1.165, 1.54) is 5.56 Å². The van der Waals surface area contributed by atoms with Crippen LogP contribution in [0.1, 0.15) is 12.5 Å². The molecule has 0 aliphatic rings. The molecule has 0 aromatic heterocycles. The maximum atomic E-state index is 9.75. The van der Waals surface area contributed by atoms with Gasteiger partial charge in [0.25, 0.3) is 0 Å². The number of rotatable bonds is 1. The van der Waals surface area contributed by atoms with Crippen molar-refractivity contribution in [2.75, 3.05) is 0 Å². The largest absolute Gasteiger partial charge is 0.673 e. The number of aryl methyl sites for hydroxylation is 1. The first-order valence-corrected chi connectivity index (χ1v) is 3.75. The molecular weight excluding hydrogens is 183 g/mol. The maximum Gasteiger partial charge on any atom is 0.673 e. The number of halogens is 4. The van der Waals surface area contributed by atoms with E-state index in [0.29, 0.717) is 0 Å². The summed E-state index contributed by atoms with van der Waals surface area (Å²) in [5, 5.41) is 0. The molecule has 5 heteroatoms. The van der Waals surface area contributed by atoms with Gasteiger partial charge in [-0.3, -0.25) is 0 Å². The van der Waals surface area contributed by atoms with E-state index in [4.69, 9.17) is 0 Å². The Morgan fingerprint density at radius 2 is 1.54 bits per heavy atom. The molecule has 0 nitrogen and oxygen atoms in total. The highest BCUT2D eigenvalue weighted by molar-refractivity contribution is 6.50. The summed E-state index contributed by atoms with van der Waals surface area (Å²) in [5.74, 6) is 0. The third-order valence-electron chi connectivity index (χ3n) is 1.20. The minimum absolute atomic E-state index is 1.12. The number of benzene rings is 1. The van der Waals surface area contributed by atoms with Crippen molar-refractivity contribution in [1.29, 1.82) is 0 Å². The quantitative estimate of drug-likeness (QED) is 0.472. The van der Waals surface area contributed by atoms with E-state index in [1.54, 1.807) is 0 Å². The predicted molar refractivity (Wildman–Crippen MR) is 44.8 cm³/mol. The molecule has 0 aliphatic carbocycles. The van der Waals surface area contributed by atoms with Crippen LogP contribution in [-0.4, -0.2) is 7.25 Å². The molecule has 73 valence electrons. The maximum absolute atomic E-state index is 9.75. The zero-order valence-corrected chi connectivity index (χ0v) is 7.11. The molecule has 0 amide bonds. The van der Waals surface area contributed by atoms with E-state index in [1.807, 2.05) is 12.1 Å². The number of hydrogen-bond acceptors (Lipinski definition) is 0. The Balaban J connectivity index is 0.000000252. The van der Waals surface area contributed by atoms with Crippen molar-refractivity contribution < 1.29 is 17.3 Å². The summed E-state index contributed by atoms with van der Waals surface area (Å²) in [6.07, 6.45) is 1.12. The molecule has 0 heterocycles. The van der Waals surface area contributed by atoms with Gasteiger partial charge in [0, 0.05) is 0 Å². The fourth-order valence-electron chi connectivity index (χ4n) is 0.657. The van der Waals surface area contributed by atoms with E-state index in [-0.39, 0.29) is 0 Å². The highest BCUT2D eigenvalue weighted by atomic mass is 19.5. The van der Waals surface area contributed by atoms with E-state index in [2.05, 4.69) is 25.1 Å². The van der Waals surface area contributed by atoms with Gasteiger partial charge in [0.05, 0.1) is 0 Å². The lowest BCUT2D eigenvalue weighted by Gasteiger charge is -1.94. The minimum Gasteiger partial charge on any atom is -0.418 e. The molecule has 1 aromatic rings. The van der Waals surface area contributed by atoms with Gasteiger partial charge >= 0.3 is 7.25 Å². The Bertz CT molecular complexity index is 213. The van der Waals surface area contributed by atoms with Crippen LogP contribution in [-0.2, 0) is 6.42 Å². The first-order valence-electron chi connectivity index (χ1n) is 3.75. The summed E-state index contributed by atoms with van der Waals surface area (Å²) >= 11 is 0. The summed E-state index contributed by atoms with van der Waals surface area (Å²) in [5.41, 5.74) is 1.38. The molecule has 1 rings (SSSR count). The van der Waals surface area contributed by atoms with Crippen molar-refractivity contribution in [1.82, 2.24) is 0 Å². The molecule has 0 saturated heterocycles. The summed E-state index contributed by atoms with van der Waals surface area (Å²) in [4.78, 5) is 0. The molecule has 0 saturated carbocycles. The fraction of sp³-hybridized carbons (Fsp3) is 0.250. The van der Waals surface area contributed by atoms with Gasteiger partial charge in [-0.1, -0.05) is 31.2 Å². The zero-order chi connectivity index (χ0) is 10.3. The van der Waals surface area contributed by atoms with Crippen LogP contribution in [0.2, 0.25) is 0 Å². The van der Waals surface area contributed by atoms with Crippen LogP contribution < -0.4 is 0 Å². The molecule has 0 N–H and O–H groups in total. The molecule has 0 aliphatic heterocycles. The Morgan fingerprint density at radius 1 is 1.15 bits per heavy atom.